The fourth-order valence-corrected chi connectivity index (χ4v) is 4.35. The maximum absolute atomic E-state index is 12.7. The molecule has 8 nitrogen and oxygen atoms in total. The number of phenolic OH excluding ortho intramolecular Hbond substituents is 6. The molecule has 0 bridgehead atoms. The lowest BCUT2D eigenvalue weighted by Crippen LogP contribution is -2.04. The lowest BCUT2D eigenvalue weighted by molar-refractivity contribution is 0.0967. The van der Waals surface area contributed by atoms with Crippen LogP contribution in [0.3, 0.4) is 0 Å². The Bertz CT molecular complexity index is 1000. The van der Waals surface area contributed by atoms with Crippen molar-refractivity contribution in [3.8, 4) is 34.5 Å². The van der Waals surface area contributed by atoms with E-state index in [0.29, 0.717) is 12.8 Å². The van der Waals surface area contributed by atoms with E-state index >= 15 is 0 Å². The summed E-state index contributed by atoms with van der Waals surface area (Å²) >= 11 is 0. The first-order valence-electron chi connectivity index (χ1n) is 13.2. The molecule has 0 aliphatic carbocycles. The summed E-state index contributed by atoms with van der Waals surface area (Å²) in [5.41, 5.74) is -0.315. The Morgan fingerprint density at radius 1 is 0.514 bits per heavy atom. The average molecular weight is 517 g/mol. The number of benzene rings is 2. The fourth-order valence-electron chi connectivity index (χ4n) is 4.35. The zero-order valence-electron chi connectivity index (χ0n) is 21.8. The maximum atomic E-state index is 12.7. The first-order chi connectivity index (χ1) is 17.6. The van der Waals surface area contributed by atoms with Crippen molar-refractivity contribution in [1.29, 1.82) is 0 Å². The molecule has 8 heteroatoms. The second kappa shape index (κ2) is 14.4. The van der Waals surface area contributed by atoms with Crippen LogP contribution in [0, 0.1) is 0 Å². The number of Topliss-reactive ketones (excluding diaryl/α,β-unsaturated/α-hetero) is 2. The molecule has 37 heavy (non-hydrogen) atoms. The minimum atomic E-state index is -0.863. The van der Waals surface area contributed by atoms with Crippen molar-refractivity contribution in [3.05, 3.63) is 34.4 Å². The number of carbonyl (C=O) groups is 2. The van der Waals surface area contributed by atoms with Gasteiger partial charge in [0, 0.05) is 30.4 Å². The van der Waals surface area contributed by atoms with Gasteiger partial charge in [0.2, 0.25) is 11.5 Å². The van der Waals surface area contributed by atoms with Gasteiger partial charge in [-0.1, -0.05) is 65.2 Å². The van der Waals surface area contributed by atoms with E-state index in [1.54, 1.807) is 0 Å². The van der Waals surface area contributed by atoms with Crippen molar-refractivity contribution in [1.82, 2.24) is 0 Å². The van der Waals surface area contributed by atoms with Crippen molar-refractivity contribution in [3.63, 3.8) is 0 Å². The van der Waals surface area contributed by atoms with Gasteiger partial charge in [0.15, 0.2) is 34.6 Å². The standard InChI is InChI=1S/C29H40O8/c1-3-5-7-9-11-13-22(30)20-16-18(24(32)28(36)26(20)34)15-19-17-21(27(35)29(37)25(19)33)23(31)14-12-10-8-6-4-2/h16-17,32-37H,3-15H2,1-2H3. The zero-order chi connectivity index (χ0) is 27.5. The van der Waals surface area contributed by atoms with Crippen LogP contribution in [0.1, 0.15) is 123 Å². The molecule has 0 amide bonds. The van der Waals surface area contributed by atoms with Gasteiger partial charge in [0.25, 0.3) is 0 Å². The largest absolute Gasteiger partial charge is 0.504 e. The minimum absolute atomic E-state index is 0.00277. The van der Waals surface area contributed by atoms with Crippen LogP contribution in [0.5, 0.6) is 34.5 Å². The molecule has 0 saturated heterocycles. The molecule has 0 unspecified atom stereocenters. The highest BCUT2D eigenvalue weighted by Gasteiger charge is 2.25. The monoisotopic (exact) mass is 516 g/mol. The van der Waals surface area contributed by atoms with Gasteiger partial charge in [0.05, 0.1) is 11.1 Å². The van der Waals surface area contributed by atoms with Crippen LogP contribution in [-0.4, -0.2) is 42.2 Å². The summed E-state index contributed by atoms with van der Waals surface area (Å²) in [4.78, 5) is 25.4. The second-order valence-corrected chi connectivity index (χ2v) is 9.61. The zero-order valence-corrected chi connectivity index (χ0v) is 21.8. The predicted molar refractivity (Wildman–Crippen MR) is 141 cm³/mol. The topological polar surface area (TPSA) is 156 Å². The molecule has 0 atom stereocenters. The molecule has 0 aliphatic rings. The van der Waals surface area contributed by atoms with Crippen molar-refractivity contribution < 1.29 is 40.2 Å². The number of carbonyl (C=O) groups excluding carboxylic acids is 2. The highest BCUT2D eigenvalue weighted by Crippen LogP contribution is 2.45. The molecule has 0 spiro atoms. The Labute approximate surface area is 218 Å². The van der Waals surface area contributed by atoms with E-state index in [1.165, 1.54) is 12.1 Å². The second-order valence-electron chi connectivity index (χ2n) is 9.61. The third-order valence-corrected chi connectivity index (χ3v) is 6.65. The van der Waals surface area contributed by atoms with Crippen LogP contribution in [0.4, 0.5) is 0 Å². The number of aromatic hydroxyl groups is 6. The molecular formula is C29H40O8. The van der Waals surface area contributed by atoms with Gasteiger partial charge >= 0.3 is 0 Å². The number of rotatable bonds is 16. The molecule has 0 aliphatic heterocycles. The number of ketones is 2. The molecule has 6 N–H and O–H groups in total. The van der Waals surface area contributed by atoms with Gasteiger partial charge in [-0.3, -0.25) is 9.59 Å². The van der Waals surface area contributed by atoms with E-state index in [9.17, 15) is 40.2 Å². The van der Waals surface area contributed by atoms with Gasteiger partial charge in [-0.15, -0.1) is 0 Å². The van der Waals surface area contributed by atoms with Crippen LogP contribution in [0.15, 0.2) is 12.1 Å². The Hall–Kier alpha value is -3.42. The summed E-state index contributed by atoms with van der Waals surface area (Å²) in [5, 5.41) is 61.9. The van der Waals surface area contributed by atoms with Crippen molar-refractivity contribution in [2.45, 2.75) is 97.3 Å². The third kappa shape index (κ3) is 7.78. The SMILES string of the molecule is CCCCCCCC(=O)c1cc(Cc2cc(C(=O)CCCCCCC)c(O)c(O)c2O)c(O)c(O)c1O. The van der Waals surface area contributed by atoms with Crippen LogP contribution in [-0.2, 0) is 6.42 Å². The molecule has 2 rings (SSSR count). The molecule has 0 heterocycles. The summed E-state index contributed by atoms with van der Waals surface area (Å²) in [5.74, 6) is -5.35. The molecule has 0 aromatic heterocycles. The molecule has 2 aromatic carbocycles. The fraction of sp³-hybridized carbons (Fsp3) is 0.517. The van der Waals surface area contributed by atoms with Gasteiger partial charge in [0.1, 0.15) is 0 Å². The van der Waals surface area contributed by atoms with Crippen LogP contribution in [0.25, 0.3) is 0 Å². The Balaban J connectivity index is 2.30. The Kier molecular flexibility index (Phi) is 11.6. The summed E-state index contributed by atoms with van der Waals surface area (Å²) in [6.45, 7) is 4.17. The quantitative estimate of drug-likeness (QED) is 0.0828. The van der Waals surface area contributed by atoms with Gasteiger partial charge in [-0.25, -0.2) is 0 Å². The molecular weight excluding hydrogens is 476 g/mol. The lowest BCUT2D eigenvalue weighted by Gasteiger charge is -2.15. The summed E-state index contributed by atoms with van der Waals surface area (Å²) < 4.78 is 0. The van der Waals surface area contributed by atoms with Gasteiger partial charge in [-0.05, 0) is 25.0 Å². The first kappa shape index (κ1) is 29.8. The van der Waals surface area contributed by atoms with E-state index in [-0.39, 0.29) is 41.5 Å². The number of unbranched alkanes of at least 4 members (excludes halogenated alkanes) is 8. The Morgan fingerprint density at radius 2 is 0.865 bits per heavy atom. The maximum Gasteiger partial charge on any atom is 0.201 e. The van der Waals surface area contributed by atoms with E-state index < -0.39 is 46.1 Å². The Morgan fingerprint density at radius 3 is 1.22 bits per heavy atom. The molecule has 0 fully saturated rings. The smallest absolute Gasteiger partial charge is 0.201 e. The number of hydrogen-bond donors (Lipinski definition) is 6. The third-order valence-electron chi connectivity index (χ3n) is 6.65. The predicted octanol–water partition coefficient (Wildman–Crippen LogP) is 6.60. The summed E-state index contributed by atoms with van der Waals surface area (Å²) in [7, 11) is 0. The van der Waals surface area contributed by atoms with Crippen molar-refractivity contribution in [2.75, 3.05) is 0 Å². The van der Waals surface area contributed by atoms with E-state index in [4.69, 9.17) is 0 Å². The van der Waals surface area contributed by atoms with E-state index in [0.717, 1.165) is 51.4 Å². The molecule has 0 radical (unpaired) electrons. The summed E-state index contributed by atoms with van der Waals surface area (Å²) in [6.07, 6.45) is 9.21. The van der Waals surface area contributed by atoms with E-state index in [1.807, 2.05) is 0 Å². The molecule has 204 valence electrons. The van der Waals surface area contributed by atoms with Gasteiger partial charge < -0.3 is 30.6 Å². The van der Waals surface area contributed by atoms with Gasteiger partial charge in [-0.2, -0.15) is 0 Å². The number of phenols is 6. The van der Waals surface area contributed by atoms with Crippen molar-refractivity contribution >= 4 is 11.6 Å². The minimum Gasteiger partial charge on any atom is -0.504 e. The van der Waals surface area contributed by atoms with Crippen molar-refractivity contribution in [2.24, 2.45) is 0 Å². The highest BCUT2D eigenvalue weighted by molar-refractivity contribution is 6.01. The highest BCUT2D eigenvalue weighted by atomic mass is 16.3. The van der Waals surface area contributed by atoms with Crippen LogP contribution in [0.2, 0.25) is 0 Å². The van der Waals surface area contributed by atoms with Crippen LogP contribution < -0.4 is 0 Å². The van der Waals surface area contributed by atoms with Crippen LogP contribution >= 0.6 is 0 Å². The average Bonchev–Trinajstić information content (AvgIpc) is 2.88. The number of hydrogen-bond acceptors (Lipinski definition) is 8. The molecule has 2 aromatic rings. The summed E-state index contributed by atoms with van der Waals surface area (Å²) in [6, 6.07) is 2.47. The van der Waals surface area contributed by atoms with E-state index in [2.05, 4.69) is 13.8 Å². The molecule has 0 saturated carbocycles. The first-order valence-corrected chi connectivity index (χ1v) is 13.2. The normalized spacial score (nSPS) is 11.1. The lowest BCUT2D eigenvalue weighted by atomic mass is 9.93.